The smallest absolute Gasteiger partial charge is 0.326 e. The van der Waals surface area contributed by atoms with Crippen LogP contribution in [-0.4, -0.2) is 41.6 Å². The number of benzene rings is 4. The van der Waals surface area contributed by atoms with E-state index in [0.29, 0.717) is 29.9 Å². The summed E-state index contributed by atoms with van der Waals surface area (Å²) < 4.78 is 10.7. The van der Waals surface area contributed by atoms with Gasteiger partial charge in [-0.1, -0.05) is 73.5 Å². The molecule has 1 atom stereocenters. The van der Waals surface area contributed by atoms with Gasteiger partial charge in [-0.05, 0) is 60.4 Å². The molecule has 1 saturated carbocycles. The fraction of sp³-hybridized carbons (Fsp3) is 0.222. The second-order valence-corrected chi connectivity index (χ2v) is 11.5. The van der Waals surface area contributed by atoms with Crippen LogP contribution < -0.4 is 25.4 Å². The zero-order chi connectivity index (χ0) is 32.1. The van der Waals surface area contributed by atoms with Gasteiger partial charge in [0.15, 0.2) is 11.5 Å². The van der Waals surface area contributed by atoms with Crippen LogP contribution in [0.4, 0.5) is 11.4 Å². The Kier molecular flexibility index (Phi) is 8.69. The highest BCUT2D eigenvalue weighted by atomic mass is 16.7. The van der Waals surface area contributed by atoms with Crippen LogP contribution in [0.25, 0.3) is 0 Å². The number of ether oxygens (including phenoxy) is 2. The minimum atomic E-state index is -1.21. The summed E-state index contributed by atoms with van der Waals surface area (Å²) in [5.74, 6) is -1.58. The summed E-state index contributed by atoms with van der Waals surface area (Å²) in [5.41, 5.74) is 1.82. The van der Waals surface area contributed by atoms with Crippen LogP contribution in [0.2, 0.25) is 0 Å². The minimum absolute atomic E-state index is 0.0622. The van der Waals surface area contributed by atoms with Crippen LogP contribution in [0.5, 0.6) is 11.5 Å². The van der Waals surface area contributed by atoms with E-state index in [9.17, 15) is 24.3 Å². The van der Waals surface area contributed by atoms with Gasteiger partial charge in [0, 0.05) is 28.9 Å². The fourth-order valence-electron chi connectivity index (χ4n) is 6.07. The summed E-state index contributed by atoms with van der Waals surface area (Å²) in [5, 5.41) is 18.3. The quantitative estimate of drug-likeness (QED) is 0.182. The molecule has 2 aliphatic rings. The van der Waals surface area contributed by atoms with E-state index < -0.39 is 29.2 Å². The second kappa shape index (κ2) is 13.2. The number of amides is 3. The number of anilines is 2. The van der Waals surface area contributed by atoms with Crippen LogP contribution in [0.3, 0.4) is 0 Å². The zero-order valence-electron chi connectivity index (χ0n) is 25.0. The van der Waals surface area contributed by atoms with Gasteiger partial charge in [-0.25, -0.2) is 4.79 Å². The first-order chi connectivity index (χ1) is 22.3. The van der Waals surface area contributed by atoms with Gasteiger partial charge in [0.2, 0.25) is 12.7 Å². The molecule has 0 unspecified atom stereocenters. The van der Waals surface area contributed by atoms with Gasteiger partial charge in [-0.3, -0.25) is 14.4 Å². The molecule has 1 aliphatic heterocycles. The molecule has 0 aromatic heterocycles. The molecule has 6 rings (SSSR count). The van der Waals surface area contributed by atoms with E-state index in [4.69, 9.17) is 9.47 Å². The molecule has 0 radical (unpaired) electrons. The van der Waals surface area contributed by atoms with Gasteiger partial charge in [-0.2, -0.15) is 0 Å². The van der Waals surface area contributed by atoms with Crippen LogP contribution in [0, 0.1) is 0 Å². The molecule has 0 bridgehead atoms. The Bertz CT molecular complexity index is 1770. The van der Waals surface area contributed by atoms with E-state index in [0.717, 1.165) is 24.0 Å². The van der Waals surface area contributed by atoms with E-state index in [1.54, 1.807) is 48.5 Å². The average molecular weight is 620 g/mol. The van der Waals surface area contributed by atoms with Gasteiger partial charge >= 0.3 is 5.97 Å². The van der Waals surface area contributed by atoms with Crippen LogP contribution in [0.1, 0.15) is 57.5 Å². The second-order valence-electron chi connectivity index (χ2n) is 11.5. The lowest BCUT2D eigenvalue weighted by atomic mass is 9.78. The maximum absolute atomic E-state index is 13.9. The van der Waals surface area contributed by atoms with Crippen molar-refractivity contribution >= 4 is 35.1 Å². The normalized spacial score (nSPS) is 15.0. The molecule has 234 valence electrons. The number of carboxylic acid groups (broad SMARTS) is 1. The largest absolute Gasteiger partial charge is 0.480 e. The zero-order valence-corrected chi connectivity index (χ0v) is 25.0. The molecule has 1 heterocycles. The molecule has 1 aliphatic carbocycles. The average Bonchev–Trinajstić information content (AvgIpc) is 3.76. The Balaban J connectivity index is 1.29. The van der Waals surface area contributed by atoms with Crippen molar-refractivity contribution < 1.29 is 33.8 Å². The lowest BCUT2D eigenvalue weighted by molar-refractivity contribution is -0.139. The van der Waals surface area contributed by atoms with Gasteiger partial charge in [0.1, 0.15) is 6.04 Å². The third-order valence-electron chi connectivity index (χ3n) is 8.45. The van der Waals surface area contributed by atoms with E-state index in [2.05, 4.69) is 16.0 Å². The standard InChI is InChI=1S/C36H33N3O7/c40-32(24-13-14-30-31(20-24)46-22-45-30)37-27-18-25(33(41)39-29(34(42)43)17-23-9-3-1-4-10-23)19-28(21-27)38-35(44)36(15-7-8-16-36)26-11-5-2-6-12-26/h1-6,9-14,18-21,29H,7-8,15-17,22H2,(H,37,40)(H,38,44)(H,39,41)(H,42,43)/t29-/m0/s1. The van der Waals surface area contributed by atoms with Gasteiger partial charge in [-0.15, -0.1) is 0 Å². The topological polar surface area (TPSA) is 143 Å². The molecule has 10 heteroatoms. The lowest BCUT2D eigenvalue weighted by Gasteiger charge is -2.28. The third kappa shape index (κ3) is 6.56. The summed E-state index contributed by atoms with van der Waals surface area (Å²) >= 11 is 0. The van der Waals surface area contributed by atoms with Crippen LogP contribution in [-0.2, 0) is 21.4 Å². The Morgan fingerprint density at radius 2 is 1.37 bits per heavy atom. The lowest BCUT2D eigenvalue weighted by Crippen LogP contribution is -2.42. The predicted octanol–water partition coefficient (Wildman–Crippen LogP) is 5.54. The highest BCUT2D eigenvalue weighted by molar-refractivity contribution is 6.07. The van der Waals surface area contributed by atoms with Crippen molar-refractivity contribution in [1.82, 2.24) is 5.32 Å². The number of hydrogen-bond donors (Lipinski definition) is 4. The summed E-state index contributed by atoms with van der Waals surface area (Å²) in [7, 11) is 0. The Labute approximate surface area is 265 Å². The van der Waals surface area contributed by atoms with Crippen LogP contribution in [0.15, 0.2) is 97.1 Å². The number of nitrogens with one attached hydrogen (secondary N) is 3. The molecule has 4 N–H and O–H groups in total. The monoisotopic (exact) mass is 619 g/mol. The molecular formula is C36H33N3O7. The molecule has 4 aromatic rings. The molecule has 3 amide bonds. The van der Waals surface area contributed by atoms with E-state index >= 15 is 0 Å². The third-order valence-corrected chi connectivity index (χ3v) is 8.45. The molecule has 0 saturated heterocycles. The Morgan fingerprint density at radius 3 is 2.07 bits per heavy atom. The fourth-order valence-corrected chi connectivity index (χ4v) is 6.07. The van der Waals surface area contributed by atoms with Crippen molar-refractivity contribution in [2.24, 2.45) is 0 Å². The number of aliphatic carboxylic acids is 1. The SMILES string of the molecule is O=C(Nc1cc(NC(=O)C2(c3ccccc3)CCCC2)cc(C(=O)N[C@@H](Cc2ccccc2)C(=O)O)c1)c1ccc2c(c1)OCO2. The van der Waals surface area contributed by atoms with Crippen molar-refractivity contribution in [3.63, 3.8) is 0 Å². The summed E-state index contributed by atoms with van der Waals surface area (Å²) in [4.78, 5) is 52.9. The molecular weight excluding hydrogens is 586 g/mol. The predicted molar refractivity (Wildman–Crippen MR) is 171 cm³/mol. The minimum Gasteiger partial charge on any atom is -0.480 e. The summed E-state index contributed by atoms with van der Waals surface area (Å²) in [6.07, 6.45) is 3.23. The maximum atomic E-state index is 13.9. The number of hydrogen-bond acceptors (Lipinski definition) is 6. The highest BCUT2D eigenvalue weighted by Crippen LogP contribution is 2.42. The first-order valence-electron chi connectivity index (χ1n) is 15.1. The van der Waals surface area contributed by atoms with Crippen molar-refractivity contribution in [2.45, 2.75) is 43.6 Å². The van der Waals surface area contributed by atoms with Gasteiger partial charge in [0.25, 0.3) is 11.8 Å². The van der Waals surface area contributed by atoms with E-state index in [1.807, 2.05) is 36.4 Å². The summed E-state index contributed by atoms with van der Waals surface area (Å²) in [6, 6.07) is 26.7. The number of carbonyl (C=O) groups excluding carboxylic acids is 3. The van der Waals surface area contributed by atoms with Gasteiger partial charge in [0.05, 0.1) is 5.41 Å². The first-order valence-corrected chi connectivity index (χ1v) is 15.1. The molecule has 10 nitrogen and oxygen atoms in total. The van der Waals surface area contributed by atoms with Crippen molar-refractivity contribution in [2.75, 3.05) is 17.4 Å². The highest BCUT2D eigenvalue weighted by Gasteiger charge is 2.42. The molecule has 0 spiro atoms. The molecule has 46 heavy (non-hydrogen) atoms. The van der Waals surface area contributed by atoms with E-state index in [-0.39, 0.29) is 36.1 Å². The van der Waals surface area contributed by atoms with Crippen molar-refractivity contribution in [3.8, 4) is 11.5 Å². The Morgan fingerprint density at radius 1 is 0.717 bits per heavy atom. The number of rotatable bonds is 10. The molecule has 4 aromatic carbocycles. The number of fused-ring (bicyclic) bond motifs is 1. The maximum Gasteiger partial charge on any atom is 0.326 e. The van der Waals surface area contributed by atoms with E-state index in [1.165, 1.54) is 12.1 Å². The molecule has 1 fully saturated rings. The number of carboxylic acids is 1. The van der Waals surface area contributed by atoms with Crippen LogP contribution >= 0.6 is 0 Å². The number of carbonyl (C=O) groups is 4. The summed E-state index contributed by atoms with van der Waals surface area (Å²) in [6.45, 7) is 0.0622. The first kappa shape index (κ1) is 30.4. The van der Waals surface area contributed by atoms with Crippen molar-refractivity contribution in [3.05, 3.63) is 119 Å². The Hall–Kier alpha value is -5.64. The van der Waals surface area contributed by atoms with Crippen molar-refractivity contribution in [1.29, 1.82) is 0 Å². The van der Waals surface area contributed by atoms with Gasteiger partial charge < -0.3 is 30.5 Å².